The first kappa shape index (κ1) is 13.8. The van der Waals surface area contributed by atoms with E-state index in [0.717, 1.165) is 12.1 Å². The van der Waals surface area contributed by atoms with Gasteiger partial charge >= 0.3 is 6.18 Å². The van der Waals surface area contributed by atoms with Gasteiger partial charge in [-0.15, -0.1) is 5.10 Å². The van der Waals surface area contributed by atoms with Crippen LogP contribution in [-0.4, -0.2) is 27.3 Å². The number of hydrogen-bond acceptors (Lipinski definition) is 4. The molecule has 5 nitrogen and oxygen atoms in total. The second-order valence-corrected chi connectivity index (χ2v) is 4.11. The van der Waals surface area contributed by atoms with Gasteiger partial charge in [0.2, 0.25) is 0 Å². The van der Waals surface area contributed by atoms with Gasteiger partial charge in [0.1, 0.15) is 0 Å². The summed E-state index contributed by atoms with van der Waals surface area (Å²) in [6.07, 6.45) is -4.45. The van der Waals surface area contributed by atoms with Crippen LogP contribution in [0.4, 0.5) is 13.2 Å². The Labute approximate surface area is 111 Å². The predicted molar refractivity (Wildman–Crippen MR) is 61.9 cm³/mol. The molecule has 0 bridgehead atoms. The standard InChI is InChI=1S/C10H9ClF3N5/c1-15-5-9-16-17-18-19(9)8-4-6(10(12,13)14)2-3-7(8)11/h2-4,15H,5H2,1H3. The summed E-state index contributed by atoms with van der Waals surface area (Å²) in [7, 11) is 1.67. The quantitative estimate of drug-likeness (QED) is 0.940. The van der Waals surface area contributed by atoms with E-state index < -0.39 is 11.7 Å². The summed E-state index contributed by atoms with van der Waals surface area (Å²) in [6.45, 7) is 0.305. The van der Waals surface area contributed by atoms with Gasteiger partial charge in [-0.1, -0.05) is 11.6 Å². The zero-order chi connectivity index (χ0) is 14.0. The van der Waals surface area contributed by atoms with Gasteiger partial charge in [-0.2, -0.15) is 17.9 Å². The SMILES string of the molecule is CNCc1nnnn1-c1cc(C(F)(F)F)ccc1Cl. The van der Waals surface area contributed by atoms with Crippen LogP contribution < -0.4 is 5.32 Å². The lowest BCUT2D eigenvalue weighted by molar-refractivity contribution is -0.137. The third-order valence-corrected chi connectivity index (χ3v) is 2.69. The van der Waals surface area contributed by atoms with Crippen molar-refractivity contribution in [2.45, 2.75) is 12.7 Å². The van der Waals surface area contributed by atoms with E-state index in [1.807, 2.05) is 0 Å². The van der Waals surface area contributed by atoms with E-state index in [9.17, 15) is 13.2 Å². The Morgan fingerprint density at radius 3 is 2.74 bits per heavy atom. The van der Waals surface area contributed by atoms with Crippen molar-refractivity contribution < 1.29 is 13.2 Å². The van der Waals surface area contributed by atoms with Crippen molar-refractivity contribution in [3.05, 3.63) is 34.6 Å². The molecular weight excluding hydrogens is 283 g/mol. The van der Waals surface area contributed by atoms with Gasteiger partial charge in [-0.05, 0) is 35.7 Å². The first-order valence-electron chi connectivity index (χ1n) is 5.22. The highest BCUT2D eigenvalue weighted by molar-refractivity contribution is 6.32. The van der Waals surface area contributed by atoms with E-state index in [4.69, 9.17) is 11.6 Å². The van der Waals surface area contributed by atoms with Crippen molar-refractivity contribution >= 4 is 11.6 Å². The number of tetrazole rings is 1. The van der Waals surface area contributed by atoms with Gasteiger partial charge in [0, 0.05) is 0 Å². The second kappa shape index (κ2) is 5.14. The monoisotopic (exact) mass is 291 g/mol. The van der Waals surface area contributed by atoms with E-state index >= 15 is 0 Å². The molecule has 0 radical (unpaired) electrons. The third-order valence-electron chi connectivity index (χ3n) is 2.37. The number of rotatable bonds is 3. The first-order valence-corrected chi connectivity index (χ1v) is 5.60. The maximum Gasteiger partial charge on any atom is 0.416 e. The van der Waals surface area contributed by atoms with E-state index in [-0.39, 0.29) is 10.7 Å². The molecule has 2 rings (SSSR count). The average molecular weight is 292 g/mol. The Morgan fingerprint density at radius 2 is 2.11 bits per heavy atom. The molecule has 102 valence electrons. The molecule has 1 N–H and O–H groups in total. The molecule has 1 aromatic carbocycles. The number of aromatic nitrogens is 4. The highest BCUT2D eigenvalue weighted by Crippen LogP contribution is 2.33. The summed E-state index contributed by atoms with van der Waals surface area (Å²) in [4.78, 5) is 0. The number of alkyl halides is 3. The lowest BCUT2D eigenvalue weighted by Gasteiger charge is -2.11. The summed E-state index contributed by atoms with van der Waals surface area (Å²) in [5, 5.41) is 13.8. The maximum atomic E-state index is 12.7. The zero-order valence-corrected chi connectivity index (χ0v) is 10.5. The van der Waals surface area contributed by atoms with Gasteiger partial charge in [0.25, 0.3) is 0 Å². The third kappa shape index (κ3) is 2.85. The molecule has 1 aromatic heterocycles. The Morgan fingerprint density at radius 1 is 1.37 bits per heavy atom. The minimum absolute atomic E-state index is 0.0896. The fourth-order valence-corrected chi connectivity index (χ4v) is 1.71. The fourth-order valence-electron chi connectivity index (χ4n) is 1.51. The van der Waals surface area contributed by atoms with Gasteiger partial charge in [0.05, 0.1) is 22.8 Å². The van der Waals surface area contributed by atoms with Gasteiger partial charge < -0.3 is 5.32 Å². The molecule has 0 saturated heterocycles. The highest BCUT2D eigenvalue weighted by atomic mass is 35.5. The molecule has 2 aromatic rings. The van der Waals surface area contributed by atoms with Crippen molar-refractivity contribution in [2.75, 3.05) is 7.05 Å². The smallest absolute Gasteiger partial charge is 0.313 e. The van der Waals surface area contributed by atoms with Crippen LogP contribution in [-0.2, 0) is 12.7 Å². The van der Waals surface area contributed by atoms with Crippen LogP contribution >= 0.6 is 11.6 Å². The summed E-state index contributed by atoms with van der Waals surface area (Å²) >= 11 is 5.91. The summed E-state index contributed by atoms with van der Waals surface area (Å²) in [5.74, 6) is 0.365. The van der Waals surface area contributed by atoms with E-state index in [1.165, 1.54) is 10.7 Å². The Kier molecular flexibility index (Phi) is 3.72. The minimum Gasteiger partial charge on any atom is -0.313 e. The molecule has 0 spiro atoms. The molecule has 0 atom stereocenters. The number of hydrogen-bond donors (Lipinski definition) is 1. The van der Waals surface area contributed by atoms with Gasteiger partial charge in [-0.25, -0.2) is 0 Å². The Bertz CT molecular complexity index is 581. The van der Waals surface area contributed by atoms with E-state index in [0.29, 0.717) is 12.4 Å². The molecule has 0 aliphatic rings. The highest BCUT2D eigenvalue weighted by Gasteiger charge is 2.31. The predicted octanol–water partition coefficient (Wildman–Crippen LogP) is 2.05. The van der Waals surface area contributed by atoms with Crippen molar-refractivity contribution in [1.82, 2.24) is 25.5 Å². The topological polar surface area (TPSA) is 55.6 Å². The molecule has 0 aliphatic carbocycles. The van der Waals surface area contributed by atoms with Crippen LogP contribution in [0.5, 0.6) is 0 Å². The molecule has 0 fully saturated rings. The number of nitrogens with one attached hydrogen (secondary N) is 1. The van der Waals surface area contributed by atoms with Crippen molar-refractivity contribution in [2.24, 2.45) is 0 Å². The van der Waals surface area contributed by atoms with E-state index in [1.54, 1.807) is 7.05 Å². The van der Waals surface area contributed by atoms with Crippen LogP contribution in [0.3, 0.4) is 0 Å². The fraction of sp³-hybridized carbons (Fsp3) is 0.300. The van der Waals surface area contributed by atoms with Crippen LogP contribution in [0.15, 0.2) is 18.2 Å². The normalized spacial score (nSPS) is 11.8. The second-order valence-electron chi connectivity index (χ2n) is 3.70. The van der Waals surface area contributed by atoms with Crippen molar-refractivity contribution in [1.29, 1.82) is 0 Å². The molecule has 0 aliphatic heterocycles. The first-order chi connectivity index (χ1) is 8.93. The van der Waals surface area contributed by atoms with Crippen molar-refractivity contribution in [3.63, 3.8) is 0 Å². The molecule has 0 unspecified atom stereocenters. The average Bonchev–Trinajstić information content (AvgIpc) is 2.77. The number of nitrogens with zero attached hydrogens (tertiary/aromatic N) is 4. The molecular formula is C10H9ClF3N5. The summed E-state index contributed by atoms with van der Waals surface area (Å²) in [6, 6.07) is 3.00. The summed E-state index contributed by atoms with van der Waals surface area (Å²) < 4.78 is 39.2. The van der Waals surface area contributed by atoms with Crippen LogP contribution in [0.25, 0.3) is 5.69 Å². The number of halogens is 4. The Hall–Kier alpha value is -1.67. The molecule has 0 saturated carbocycles. The zero-order valence-electron chi connectivity index (χ0n) is 9.74. The van der Waals surface area contributed by atoms with Gasteiger partial charge in [-0.3, -0.25) is 0 Å². The molecule has 1 heterocycles. The maximum absolute atomic E-state index is 12.7. The molecule has 0 amide bonds. The minimum atomic E-state index is -4.45. The van der Waals surface area contributed by atoms with E-state index in [2.05, 4.69) is 20.8 Å². The molecule has 19 heavy (non-hydrogen) atoms. The lowest BCUT2D eigenvalue weighted by Crippen LogP contribution is -2.13. The summed E-state index contributed by atoms with van der Waals surface area (Å²) in [5.41, 5.74) is -0.718. The number of benzene rings is 1. The van der Waals surface area contributed by atoms with Crippen molar-refractivity contribution in [3.8, 4) is 5.69 Å². The van der Waals surface area contributed by atoms with Crippen LogP contribution in [0.1, 0.15) is 11.4 Å². The van der Waals surface area contributed by atoms with Crippen LogP contribution in [0.2, 0.25) is 5.02 Å². The molecule has 9 heteroatoms. The van der Waals surface area contributed by atoms with Gasteiger partial charge in [0.15, 0.2) is 5.82 Å². The van der Waals surface area contributed by atoms with Crippen LogP contribution in [0, 0.1) is 0 Å². The Balaban J connectivity index is 2.52. The lowest BCUT2D eigenvalue weighted by atomic mass is 10.2. The largest absolute Gasteiger partial charge is 0.416 e.